The van der Waals surface area contributed by atoms with E-state index >= 15 is 0 Å². The Kier molecular flexibility index (Phi) is 5.64. The summed E-state index contributed by atoms with van der Waals surface area (Å²) in [5.41, 5.74) is 1.66. The van der Waals surface area contributed by atoms with Crippen molar-refractivity contribution < 1.29 is 4.74 Å². The molecule has 3 aromatic heterocycles. The van der Waals surface area contributed by atoms with Crippen LogP contribution in [-0.4, -0.2) is 31.6 Å². The Labute approximate surface area is 190 Å². The van der Waals surface area contributed by atoms with Gasteiger partial charge in [-0.1, -0.05) is 23.9 Å². The highest BCUT2D eigenvalue weighted by Gasteiger charge is 2.20. The zero-order chi connectivity index (χ0) is 21.4. The van der Waals surface area contributed by atoms with Gasteiger partial charge in [0.1, 0.15) is 5.65 Å². The van der Waals surface area contributed by atoms with Gasteiger partial charge in [0, 0.05) is 29.1 Å². The molecule has 0 radical (unpaired) electrons. The molecular weight excluding hydrogens is 480 g/mol. The number of para-hydroxylation sites is 1. The van der Waals surface area contributed by atoms with Crippen LogP contribution in [0.3, 0.4) is 0 Å². The van der Waals surface area contributed by atoms with E-state index in [2.05, 4.69) is 20.9 Å². The third kappa shape index (κ3) is 4.17. The van der Waals surface area contributed by atoms with E-state index < -0.39 is 0 Å². The van der Waals surface area contributed by atoms with Crippen LogP contribution >= 0.6 is 27.7 Å². The molecule has 5 rings (SSSR count). The predicted molar refractivity (Wildman–Crippen MR) is 124 cm³/mol. The number of hydrogen-bond donors (Lipinski definition) is 0. The monoisotopic (exact) mass is 498 g/mol. The van der Waals surface area contributed by atoms with Gasteiger partial charge in [0.25, 0.3) is 11.1 Å². The van der Waals surface area contributed by atoms with E-state index in [0.717, 1.165) is 23.9 Å². The molecule has 1 aromatic carbocycles. The normalized spacial score (nSPS) is 16.4. The summed E-state index contributed by atoms with van der Waals surface area (Å²) >= 11 is 4.78. The Morgan fingerprint density at radius 2 is 2.03 bits per heavy atom. The number of fused-ring (bicyclic) bond motifs is 2. The van der Waals surface area contributed by atoms with Crippen LogP contribution in [0.25, 0.3) is 16.6 Å². The highest BCUT2D eigenvalue weighted by Crippen LogP contribution is 2.23. The SMILES string of the molecule is O=c1c2ccccc2nc(SCc2cc(=O)n3cc(Br)ccc3n2)n1C[C@@H]1CCCO1. The van der Waals surface area contributed by atoms with Crippen LogP contribution in [0.15, 0.2) is 67.9 Å². The van der Waals surface area contributed by atoms with E-state index in [1.165, 1.54) is 22.2 Å². The van der Waals surface area contributed by atoms with Crippen LogP contribution in [0, 0.1) is 0 Å². The topological polar surface area (TPSA) is 78.5 Å². The van der Waals surface area contributed by atoms with E-state index in [1.54, 1.807) is 22.9 Å². The Balaban J connectivity index is 1.50. The number of hydrogen-bond acceptors (Lipinski definition) is 6. The van der Waals surface area contributed by atoms with Gasteiger partial charge in [0.05, 0.1) is 29.2 Å². The molecule has 0 saturated carbocycles. The summed E-state index contributed by atoms with van der Waals surface area (Å²) in [6.07, 6.45) is 3.65. The van der Waals surface area contributed by atoms with Crippen molar-refractivity contribution in [3.8, 4) is 0 Å². The van der Waals surface area contributed by atoms with E-state index in [0.29, 0.717) is 39.7 Å². The molecule has 0 N–H and O–H groups in total. The minimum absolute atomic E-state index is 0.0156. The number of benzene rings is 1. The van der Waals surface area contributed by atoms with Gasteiger partial charge in [-0.3, -0.25) is 18.6 Å². The molecular formula is C22H19BrN4O3S. The molecule has 0 bridgehead atoms. The van der Waals surface area contributed by atoms with Gasteiger partial charge in [-0.2, -0.15) is 0 Å². The average Bonchev–Trinajstić information content (AvgIpc) is 3.28. The van der Waals surface area contributed by atoms with Gasteiger partial charge in [-0.15, -0.1) is 0 Å². The maximum atomic E-state index is 13.2. The number of ether oxygens (including phenoxy) is 1. The van der Waals surface area contributed by atoms with E-state index in [1.807, 2.05) is 24.3 Å². The van der Waals surface area contributed by atoms with Crippen LogP contribution in [-0.2, 0) is 17.0 Å². The standard InChI is InChI=1S/C22H19BrN4O3S/c23-14-7-8-19-24-15(10-20(28)26(19)11-14)13-31-22-25-18-6-2-1-5-17(18)21(29)27(22)12-16-4-3-9-30-16/h1-2,5-8,10-11,16H,3-4,9,12-13H2/t16-/m0/s1. The first-order valence-electron chi connectivity index (χ1n) is 10.0. The van der Waals surface area contributed by atoms with Crippen LogP contribution in [0.4, 0.5) is 0 Å². The van der Waals surface area contributed by atoms with Crippen LogP contribution in [0.1, 0.15) is 18.5 Å². The quantitative estimate of drug-likeness (QED) is 0.308. The fourth-order valence-electron chi connectivity index (χ4n) is 3.75. The molecule has 4 aromatic rings. The van der Waals surface area contributed by atoms with Crippen LogP contribution in [0.2, 0.25) is 0 Å². The van der Waals surface area contributed by atoms with Gasteiger partial charge < -0.3 is 4.74 Å². The van der Waals surface area contributed by atoms with Crippen molar-refractivity contribution in [2.75, 3.05) is 6.61 Å². The average molecular weight is 499 g/mol. The van der Waals surface area contributed by atoms with E-state index in [4.69, 9.17) is 9.72 Å². The Morgan fingerprint density at radius 1 is 1.16 bits per heavy atom. The first-order valence-corrected chi connectivity index (χ1v) is 11.8. The predicted octanol–water partition coefficient (Wildman–Crippen LogP) is 3.64. The summed E-state index contributed by atoms with van der Waals surface area (Å²) in [4.78, 5) is 35.0. The van der Waals surface area contributed by atoms with Crippen LogP contribution in [0.5, 0.6) is 0 Å². The lowest BCUT2D eigenvalue weighted by molar-refractivity contribution is 0.0937. The lowest BCUT2D eigenvalue weighted by atomic mass is 10.2. The van der Waals surface area contributed by atoms with Crippen LogP contribution < -0.4 is 11.1 Å². The first kappa shape index (κ1) is 20.4. The molecule has 4 heterocycles. The summed E-state index contributed by atoms with van der Waals surface area (Å²) in [6.45, 7) is 1.20. The lowest BCUT2D eigenvalue weighted by Crippen LogP contribution is -2.28. The number of thioether (sulfide) groups is 1. The summed E-state index contributed by atoms with van der Waals surface area (Å²) in [5.74, 6) is 0.429. The smallest absolute Gasteiger partial charge is 0.262 e. The number of halogens is 1. The molecule has 1 aliphatic rings. The lowest BCUT2D eigenvalue weighted by Gasteiger charge is -2.16. The van der Waals surface area contributed by atoms with Gasteiger partial charge in [-0.05, 0) is 53.0 Å². The summed E-state index contributed by atoms with van der Waals surface area (Å²) in [7, 11) is 0. The van der Waals surface area contributed by atoms with Crippen molar-refractivity contribution in [2.24, 2.45) is 0 Å². The molecule has 9 heteroatoms. The number of nitrogens with zero attached hydrogens (tertiary/aromatic N) is 4. The Morgan fingerprint density at radius 3 is 2.87 bits per heavy atom. The molecule has 158 valence electrons. The molecule has 0 aliphatic carbocycles. The third-order valence-electron chi connectivity index (χ3n) is 5.26. The molecule has 1 aliphatic heterocycles. The molecule has 1 saturated heterocycles. The molecule has 1 atom stereocenters. The van der Waals surface area contributed by atoms with E-state index in [9.17, 15) is 9.59 Å². The fraction of sp³-hybridized carbons (Fsp3) is 0.273. The third-order valence-corrected chi connectivity index (χ3v) is 6.74. The fourth-order valence-corrected chi connectivity index (χ4v) is 4.99. The Hall–Kier alpha value is -2.49. The number of aromatic nitrogens is 4. The van der Waals surface area contributed by atoms with Crippen molar-refractivity contribution in [3.05, 3.63) is 79.5 Å². The summed E-state index contributed by atoms with van der Waals surface area (Å²) in [5, 5.41) is 1.20. The highest BCUT2D eigenvalue weighted by molar-refractivity contribution is 9.10. The second-order valence-corrected chi connectivity index (χ2v) is 9.27. The highest BCUT2D eigenvalue weighted by atomic mass is 79.9. The van der Waals surface area contributed by atoms with Gasteiger partial charge in [-0.25, -0.2) is 9.97 Å². The number of pyridine rings is 1. The summed E-state index contributed by atoms with van der Waals surface area (Å²) in [6, 6.07) is 12.5. The molecule has 0 unspecified atom stereocenters. The van der Waals surface area contributed by atoms with E-state index in [-0.39, 0.29) is 17.2 Å². The molecule has 0 amide bonds. The molecule has 7 nitrogen and oxygen atoms in total. The zero-order valence-electron chi connectivity index (χ0n) is 16.5. The second-order valence-electron chi connectivity index (χ2n) is 7.41. The Bertz CT molecular complexity index is 1400. The molecule has 0 spiro atoms. The van der Waals surface area contributed by atoms with Gasteiger partial charge in [0.15, 0.2) is 5.16 Å². The number of rotatable bonds is 5. The summed E-state index contributed by atoms with van der Waals surface area (Å²) < 4.78 is 9.77. The largest absolute Gasteiger partial charge is 0.376 e. The van der Waals surface area contributed by atoms with Crippen molar-refractivity contribution >= 4 is 44.2 Å². The van der Waals surface area contributed by atoms with Crippen molar-refractivity contribution in [2.45, 2.75) is 36.4 Å². The molecule has 31 heavy (non-hydrogen) atoms. The van der Waals surface area contributed by atoms with Crippen molar-refractivity contribution in [1.29, 1.82) is 0 Å². The van der Waals surface area contributed by atoms with Gasteiger partial charge in [0.2, 0.25) is 0 Å². The first-order chi connectivity index (χ1) is 15.1. The molecule has 1 fully saturated rings. The van der Waals surface area contributed by atoms with Crippen molar-refractivity contribution in [3.63, 3.8) is 0 Å². The second kappa shape index (κ2) is 8.57. The minimum Gasteiger partial charge on any atom is -0.376 e. The van der Waals surface area contributed by atoms with Crippen molar-refractivity contribution in [1.82, 2.24) is 18.9 Å². The maximum absolute atomic E-state index is 13.2. The zero-order valence-corrected chi connectivity index (χ0v) is 18.9. The van der Waals surface area contributed by atoms with Gasteiger partial charge >= 0.3 is 0 Å². The maximum Gasteiger partial charge on any atom is 0.262 e. The minimum atomic E-state index is -0.148.